The number of nitrogens with zero attached hydrogens (tertiary/aromatic N) is 2. The molecule has 21 heavy (non-hydrogen) atoms. The molecule has 0 fully saturated rings. The van der Waals surface area contributed by atoms with Crippen molar-refractivity contribution in [3.8, 4) is 0 Å². The average molecular weight is 288 g/mol. The van der Waals surface area contributed by atoms with Gasteiger partial charge in [0.1, 0.15) is 0 Å². The molecule has 1 aromatic rings. The van der Waals surface area contributed by atoms with Crippen LogP contribution in [0, 0.1) is 10.1 Å². The number of benzene rings is 1. The minimum absolute atomic E-state index is 0.0481. The first-order valence-corrected chi connectivity index (χ1v) is 6.57. The first kappa shape index (κ1) is 14.8. The van der Waals surface area contributed by atoms with Gasteiger partial charge in [-0.15, -0.1) is 0 Å². The molecule has 1 N–H and O–H groups in total. The molecular weight excluding hydrogens is 272 g/mol. The Kier molecular flexibility index (Phi) is 4.37. The number of nitro groups is 1. The highest BCUT2D eigenvalue weighted by Crippen LogP contribution is 2.28. The molecule has 1 aliphatic heterocycles. The molecule has 0 atom stereocenters. The second kappa shape index (κ2) is 6.21. The maximum Gasteiger partial charge on any atom is 0.328 e. The molecule has 1 aliphatic rings. The van der Waals surface area contributed by atoms with E-state index in [1.165, 1.54) is 23.8 Å². The Balaban J connectivity index is 2.41. The van der Waals surface area contributed by atoms with E-state index in [1.807, 2.05) is 6.92 Å². The van der Waals surface area contributed by atoms with Crippen LogP contribution in [0.25, 0.3) is 6.08 Å². The van der Waals surface area contributed by atoms with Crippen LogP contribution in [0.3, 0.4) is 0 Å². The van der Waals surface area contributed by atoms with Gasteiger partial charge in [0, 0.05) is 42.5 Å². The van der Waals surface area contributed by atoms with Crippen LogP contribution >= 0.6 is 0 Å². The summed E-state index contributed by atoms with van der Waals surface area (Å²) in [5.41, 5.74) is 2.53. The van der Waals surface area contributed by atoms with Crippen LogP contribution in [-0.2, 0) is 4.79 Å². The number of carbonyl (C=O) groups is 1. The van der Waals surface area contributed by atoms with Crippen LogP contribution in [0.4, 0.5) is 11.4 Å². The maximum absolute atomic E-state index is 10.9. The molecule has 1 heterocycles. The smallest absolute Gasteiger partial charge is 0.328 e. The summed E-state index contributed by atoms with van der Waals surface area (Å²) in [5.74, 6) is -1.08. The number of nitro benzene ring substituents is 1. The Morgan fingerprint density at radius 1 is 1.48 bits per heavy atom. The zero-order valence-corrected chi connectivity index (χ0v) is 11.7. The first-order valence-electron chi connectivity index (χ1n) is 6.57. The molecule has 0 bridgehead atoms. The minimum atomic E-state index is -1.08. The molecular formula is C15H16N2O4. The van der Waals surface area contributed by atoms with Crippen LogP contribution in [0.2, 0.25) is 0 Å². The second-order valence-electron chi connectivity index (χ2n) is 4.93. The van der Waals surface area contributed by atoms with E-state index in [1.54, 1.807) is 6.07 Å². The molecule has 0 spiro atoms. The number of hydrogen-bond donors (Lipinski definition) is 1. The molecule has 0 aromatic heterocycles. The van der Waals surface area contributed by atoms with Crippen LogP contribution in [0.15, 0.2) is 35.9 Å². The lowest BCUT2D eigenvalue weighted by atomic mass is 10.1. The standard InChI is InChI=1S/C15H16N2O4/c1-11-3-2-8-16(10-11)14-6-5-13(17(20)21)9-12(14)4-7-15(18)19/h3-7,9H,2,8,10H2,1H3,(H,18,19)/b7-4+. The van der Waals surface area contributed by atoms with Crippen molar-refractivity contribution in [2.75, 3.05) is 18.0 Å². The van der Waals surface area contributed by atoms with Crippen molar-refractivity contribution >= 4 is 23.4 Å². The van der Waals surface area contributed by atoms with E-state index in [2.05, 4.69) is 11.0 Å². The van der Waals surface area contributed by atoms with Crippen LogP contribution in [-0.4, -0.2) is 29.1 Å². The second-order valence-corrected chi connectivity index (χ2v) is 4.93. The number of carboxylic acid groups (broad SMARTS) is 1. The molecule has 0 saturated heterocycles. The highest BCUT2D eigenvalue weighted by Gasteiger charge is 2.16. The van der Waals surface area contributed by atoms with Gasteiger partial charge in [-0.05, 0) is 25.5 Å². The summed E-state index contributed by atoms with van der Waals surface area (Å²) in [5, 5.41) is 19.6. The molecule has 110 valence electrons. The van der Waals surface area contributed by atoms with E-state index in [0.29, 0.717) is 5.56 Å². The van der Waals surface area contributed by atoms with Crippen molar-refractivity contribution in [3.63, 3.8) is 0 Å². The molecule has 0 saturated carbocycles. The quantitative estimate of drug-likeness (QED) is 0.398. The lowest BCUT2D eigenvalue weighted by Gasteiger charge is -2.29. The van der Waals surface area contributed by atoms with Crippen molar-refractivity contribution in [2.45, 2.75) is 13.3 Å². The van der Waals surface area contributed by atoms with Gasteiger partial charge < -0.3 is 10.0 Å². The van der Waals surface area contributed by atoms with Gasteiger partial charge in [-0.2, -0.15) is 0 Å². The summed E-state index contributed by atoms with van der Waals surface area (Å²) in [6.45, 7) is 3.58. The summed E-state index contributed by atoms with van der Waals surface area (Å²) in [6.07, 6.45) is 5.47. The molecule has 0 radical (unpaired) electrons. The van der Waals surface area contributed by atoms with Crippen LogP contribution in [0.1, 0.15) is 18.9 Å². The molecule has 1 aromatic carbocycles. The number of aliphatic carboxylic acids is 1. The van der Waals surface area contributed by atoms with E-state index >= 15 is 0 Å². The Labute approximate surface area is 122 Å². The summed E-state index contributed by atoms with van der Waals surface area (Å²) >= 11 is 0. The topological polar surface area (TPSA) is 83.7 Å². The van der Waals surface area contributed by atoms with E-state index in [9.17, 15) is 14.9 Å². The molecule has 6 heteroatoms. The van der Waals surface area contributed by atoms with Gasteiger partial charge in [0.15, 0.2) is 0 Å². The number of non-ortho nitro benzene ring substituents is 1. The van der Waals surface area contributed by atoms with Crippen LogP contribution < -0.4 is 4.90 Å². The summed E-state index contributed by atoms with van der Waals surface area (Å²) in [4.78, 5) is 23.2. The van der Waals surface area contributed by atoms with E-state index < -0.39 is 10.9 Å². The highest BCUT2D eigenvalue weighted by atomic mass is 16.6. The Bertz CT molecular complexity index is 635. The molecule has 0 unspecified atom stereocenters. The zero-order valence-electron chi connectivity index (χ0n) is 11.7. The van der Waals surface area contributed by atoms with Crippen molar-refractivity contribution in [1.82, 2.24) is 0 Å². The largest absolute Gasteiger partial charge is 0.478 e. The fraction of sp³-hybridized carbons (Fsp3) is 0.267. The fourth-order valence-corrected chi connectivity index (χ4v) is 2.36. The first-order chi connectivity index (χ1) is 9.97. The van der Waals surface area contributed by atoms with Crippen molar-refractivity contribution in [2.24, 2.45) is 0 Å². The molecule has 0 amide bonds. The van der Waals surface area contributed by atoms with Crippen molar-refractivity contribution in [1.29, 1.82) is 0 Å². The summed E-state index contributed by atoms with van der Waals surface area (Å²) < 4.78 is 0. The van der Waals surface area contributed by atoms with Gasteiger partial charge in [-0.25, -0.2) is 4.79 Å². The third kappa shape index (κ3) is 3.68. The van der Waals surface area contributed by atoms with E-state index in [0.717, 1.165) is 31.3 Å². The minimum Gasteiger partial charge on any atom is -0.478 e. The Morgan fingerprint density at radius 2 is 2.24 bits per heavy atom. The predicted octanol–water partition coefficient (Wildman–Crippen LogP) is 2.85. The lowest BCUT2D eigenvalue weighted by Crippen LogP contribution is -2.29. The summed E-state index contributed by atoms with van der Waals surface area (Å²) in [6, 6.07) is 4.53. The van der Waals surface area contributed by atoms with Gasteiger partial charge in [0.25, 0.3) is 5.69 Å². The predicted molar refractivity (Wildman–Crippen MR) is 80.4 cm³/mol. The number of hydrogen-bond acceptors (Lipinski definition) is 4. The number of rotatable bonds is 4. The zero-order chi connectivity index (χ0) is 15.4. The van der Waals surface area contributed by atoms with Gasteiger partial charge >= 0.3 is 5.97 Å². The molecule has 2 rings (SSSR count). The Hall–Kier alpha value is -2.63. The molecule has 0 aliphatic carbocycles. The van der Waals surface area contributed by atoms with Crippen molar-refractivity contribution < 1.29 is 14.8 Å². The monoisotopic (exact) mass is 288 g/mol. The highest BCUT2D eigenvalue weighted by molar-refractivity contribution is 5.87. The third-order valence-corrected chi connectivity index (χ3v) is 3.30. The fourth-order valence-electron chi connectivity index (χ4n) is 2.36. The average Bonchev–Trinajstić information content (AvgIpc) is 2.44. The number of anilines is 1. The summed E-state index contributed by atoms with van der Waals surface area (Å²) in [7, 11) is 0. The number of carboxylic acids is 1. The normalized spacial score (nSPS) is 15.1. The van der Waals surface area contributed by atoms with Gasteiger partial charge in [0.05, 0.1) is 4.92 Å². The third-order valence-electron chi connectivity index (χ3n) is 3.30. The Morgan fingerprint density at radius 3 is 2.86 bits per heavy atom. The molecule has 6 nitrogen and oxygen atoms in total. The van der Waals surface area contributed by atoms with Crippen molar-refractivity contribution in [3.05, 3.63) is 51.6 Å². The SMILES string of the molecule is CC1=CCCN(c2ccc([N+](=O)[O-])cc2/C=C/C(=O)O)C1. The van der Waals surface area contributed by atoms with Gasteiger partial charge in [-0.3, -0.25) is 10.1 Å². The van der Waals surface area contributed by atoms with E-state index in [-0.39, 0.29) is 5.69 Å². The van der Waals surface area contributed by atoms with Gasteiger partial charge in [0.2, 0.25) is 0 Å². The maximum atomic E-state index is 10.9. The van der Waals surface area contributed by atoms with Crippen LogP contribution in [0.5, 0.6) is 0 Å². The van der Waals surface area contributed by atoms with Gasteiger partial charge in [-0.1, -0.05) is 11.6 Å². The van der Waals surface area contributed by atoms with E-state index in [4.69, 9.17) is 5.11 Å². The lowest BCUT2D eigenvalue weighted by molar-refractivity contribution is -0.384.